The van der Waals surface area contributed by atoms with Crippen LogP contribution in [0.25, 0.3) is 0 Å². The average Bonchev–Trinajstić information content (AvgIpc) is 3.12. The number of carbonyl (C=O) groups is 1. The zero-order valence-corrected chi connectivity index (χ0v) is 16.0. The Morgan fingerprint density at radius 2 is 2.22 bits per heavy atom. The SMILES string of the molecule is CCCC[C@H]1CN(CCC(=O)NCCn2cncn2)Cc2ccccc2O1. The van der Waals surface area contributed by atoms with E-state index in [-0.39, 0.29) is 12.0 Å². The first-order valence-electron chi connectivity index (χ1n) is 9.80. The van der Waals surface area contributed by atoms with Crippen LogP contribution in [0.1, 0.15) is 38.2 Å². The average molecular weight is 371 g/mol. The van der Waals surface area contributed by atoms with Crippen LogP contribution in [0.2, 0.25) is 0 Å². The fourth-order valence-electron chi connectivity index (χ4n) is 3.32. The summed E-state index contributed by atoms with van der Waals surface area (Å²) in [4.78, 5) is 18.4. The molecule has 0 unspecified atom stereocenters. The first-order valence-corrected chi connectivity index (χ1v) is 9.80. The second-order valence-corrected chi connectivity index (χ2v) is 6.98. The first-order chi connectivity index (χ1) is 13.2. The van der Waals surface area contributed by atoms with Crippen molar-refractivity contribution in [2.75, 3.05) is 19.6 Å². The summed E-state index contributed by atoms with van der Waals surface area (Å²) in [5.41, 5.74) is 1.20. The number of unbranched alkanes of at least 4 members (excludes halogenated alkanes) is 1. The minimum atomic E-state index is 0.0682. The number of aromatic nitrogens is 3. The lowest BCUT2D eigenvalue weighted by atomic mass is 10.1. The molecule has 1 atom stereocenters. The molecule has 1 N–H and O–H groups in total. The van der Waals surface area contributed by atoms with Crippen molar-refractivity contribution in [2.45, 2.75) is 51.8 Å². The molecule has 1 aromatic carbocycles. The highest BCUT2D eigenvalue weighted by Crippen LogP contribution is 2.26. The van der Waals surface area contributed by atoms with Gasteiger partial charge in [-0.15, -0.1) is 0 Å². The molecule has 0 saturated carbocycles. The molecule has 2 aromatic rings. The number of rotatable bonds is 9. The summed E-state index contributed by atoms with van der Waals surface area (Å²) in [7, 11) is 0. The third-order valence-corrected chi connectivity index (χ3v) is 4.79. The van der Waals surface area contributed by atoms with Gasteiger partial charge in [0.2, 0.25) is 5.91 Å². The van der Waals surface area contributed by atoms with Crippen molar-refractivity contribution in [1.82, 2.24) is 25.0 Å². The molecule has 1 aliphatic heterocycles. The highest BCUT2D eigenvalue weighted by molar-refractivity contribution is 5.76. The van der Waals surface area contributed by atoms with Gasteiger partial charge in [-0.2, -0.15) is 5.10 Å². The van der Waals surface area contributed by atoms with Crippen molar-refractivity contribution < 1.29 is 9.53 Å². The van der Waals surface area contributed by atoms with E-state index in [1.807, 2.05) is 12.1 Å². The maximum absolute atomic E-state index is 12.2. The van der Waals surface area contributed by atoms with Crippen LogP contribution in [0.3, 0.4) is 0 Å². The third kappa shape index (κ3) is 6.06. The number of ether oxygens (including phenoxy) is 1. The van der Waals surface area contributed by atoms with Gasteiger partial charge in [-0.05, 0) is 18.9 Å². The van der Waals surface area contributed by atoms with Gasteiger partial charge >= 0.3 is 0 Å². The molecule has 0 spiro atoms. The van der Waals surface area contributed by atoms with Crippen molar-refractivity contribution in [3.63, 3.8) is 0 Å². The van der Waals surface area contributed by atoms with Gasteiger partial charge in [0.05, 0.1) is 6.54 Å². The first kappa shape index (κ1) is 19.4. The molecule has 7 nitrogen and oxygen atoms in total. The van der Waals surface area contributed by atoms with Crippen molar-refractivity contribution in [2.24, 2.45) is 0 Å². The molecule has 0 radical (unpaired) electrons. The summed E-state index contributed by atoms with van der Waals surface area (Å²) in [6, 6.07) is 8.23. The largest absolute Gasteiger partial charge is 0.489 e. The summed E-state index contributed by atoms with van der Waals surface area (Å²) in [5, 5.41) is 6.98. The predicted octanol–water partition coefficient (Wildman–Crippen LogP) is 2.24. The second-order valence-electron chi connectivity index (χ2n) is 6.98. The molecule has 2 heterocycles. The monoisotopic (exact) mass is 371 g/mol. The second kappa shape index (κ2) is 10.1. The molecule has 27 heavy (non-hydrogen) atoms. The van der Waals surface area contributed by atoms with Gasteiger partial charge in [-0.1, -0.05) is 31.5 Å². The van der Waals surface area contributed by atoms with E-state index in [2.05, 4.69) is 39.4 Å². The molecule has 146 valence electrons. The molecule has 0 aliphatic carbocycles. The molecular formula is C20H29N5O2. The van der Waals surface area contributed by atoms with Gasteiger partial charge in [0, 0.05) is 38.2 Å². The van der Waals surface area contributed by atoms with Gasteiger partial charge in [0.25, 0.3) is 0 Å². The molecule has 1 aliphatic rings. The summed E-state index contributed by atoms with van der Waals surface area (Å²) in [6.07, 6.45) is 7.18. The number of nitrogens with zero attached hydrogens (tertiary/aromatic N) is 4. The smallest absolute Gasteiger partial charge is 0.221 e. The number of amides is 1. The fraction of sp³-hybridized carbons (Fsp3) is 0.550. The molecule has 7 heteroatoms. The fourth-order valence-corrected chi connectivity index (χ4v) is 3.32. The number of benzene rings is 1. The Kier molecular flexibility index (Phi) is 7.21. The topological polar surface area (TPSA) is 72.3 Å². The zero-order chi connectivity index (χ0) is 18.9. The lowest BCUT2D eigenvalue weighted by molar-refractivity contribution is -0.121. The summed E-state index contributed by atoms with van der Waals surface area (Å²) < 4.78 is 7.95. The molecule has 1 amide bonds. The highest BCUT2D eigenvalue weighted by atomic mass is 16.5. The maximum Gasteiger partial charge on any atom is 0.221 e. The summed E-state index contributed by atoms with van der Waals surface area (Å²) in [6.45, 7) is 5.82. The van der Waals surface area contributed by atoms with Crippen LogP contribution in [0.15, 0.2) is 36.9 Å². The van der Waals surface area contributed by atoms with E-state index in [4.69, 9.17) is 4.74 Å². The van der Waals surface area contributed by atoms with Crippen molar-refractivity contribution in [3.8, 4) is 5.75 Å². The van der Waals surface area contributed by atoms with E-state index < -0.39 is 0 Å². The van der Waals surface area contributed by atoms with Gasteiger partial charge in [0.15, 0.2) is 0 Å². The molecule has 3 rings (SSSR count). The van der Waals surface area contributed by atoms with Gasteiger partial charge in [0.1, 0.15) is 24.5 Å². The predicted molar refractivity (Wildman–Crippen MR) is 103 cm³/mol. The van der Waals surface area contributed by atoms with Crippen LogP contribution in [-0.2, 0) is 17.9 Å². The Bertz CT molecular complexity index is 704. The van der Waals surface area contributed by atoms with Crippen LogP contribution in [0.4, 0.5) is 0 Å². The van der Waals surface area contributed by atoms with E-state index in [0.717, 1.165) is 44.6 Å². The minimum Gasteiger partial charge on any atom is -0.489 e. The van der Waals surface area contributed by atoms with E-state index in [9.17, 15) is 4.79 Å². The molecule has 0 saturated heterocycles. The number of fused-ring (bicyclic) bond motifs is 1. The lowest BCUT2D eigenvalue weighted by Crippen LogP contribution is -2.36. The van der Waals surface area contributed by atoms with Crippen molar-refractivity contribution in [1.29, 1.82) is 0 Å². The van der Waals surface area contributed by atoms with Crippen LogP contribution < -0.4 is 10.1 Å². The number of hydrogen-bond acceptors (Lipinski definition) is 5. The normalized spacial score (nSPS) is 17.0. The van der Waals surface area contributed by atoms with Gasteiger partial charge in [-0.3, -0.25) is 14.4 Å². The number of carbonyl (C=O) groups excluding carboxylic acids is 1. The molecular weight excluding hydrogens is 342 g/mol. The van der Waals surface area contributed by atoms with E-state index in [0.29, 0.717) is 19.5 Å². The maximum atomic E-state index is 12.2. The van der Waals surface area contributed by atoms with Crippen LogP contribution in [-0.4, -0.2) is 51.3 Å². The quantitative estimate of drug-likeness (QED) is 0.732. The number of para-hydroxylation sites is 1. The minimum absolute atomic E-state index is 0.0682. The Labute approximate surface area is 160 Å². The third-order valence-electron chi connectivity index (χ3n) is 4.79. The van der Waals surface area contributed by atoms with Crippen molar-refractivity contribution in [3.05, 3.63) is 42.5 Å². The zero-order valence-electron chi connectivity index (χ0n) is 16.0. The Morgan fingerprint density at radius 3 is 3.04 bits per heavy atom. The highest BCUT2D eigenvalue weighted by Gasteiger charge is 2.22. The molecule has 1 aromatic heterocycles. The van der Waals surface area contributed by atoms with Crippen molar-refractivity contribution >= 4 is 5.91 Å². The van der Waals surface area contributed by atoms with Crippen LogP contribution in [0.5, 0.6) is 5.75 Å². The number of nitrogens with one attached hydrogen (secondary N) is 1. The van der Waals surface area contributed by atoms with E-state index in [1.165, 1.54) is 11.9 Å². The van der Waals surface area contributed by atoms with E-state index >= 15 is 0 Å². The van der Waals surface area contributed by atoms with Crippen LogP contribution in [0, 0.1) is 0 Å². The Hall–Kier alpha value is -2.41. The standard InChI is InChI=1S/C20H29N5O2/c1-2-3-7-18-14-24(13-17-6-4-5-8-19(17)27-18)11-9-20(26)22-10-12-25-16-21-15-23-25/h4-6,8,15-16,18H,2-3,7,9-14H2,1H3,(H,22,26)/t18-/m0/s1. The van der Waals surface area contributed by atoms with Gasteiger partial charge < -0.3 is 10.1 Å². The lowest BCUT2D eigenvalue weighted by Gasteiger charge is -2.23. The molecule has 0 fully saturated rings. The Balaban J connectivity index is 1.49. The van der Waals surface area contributed by atoms with Gasteiger partial charge in [-0.25, -0.2) is 4.98 Å². The van der Waals surface area contributed by atoms with Crippen LogP contribution >= 0.6 is 0 Å². The Morgan fingerprint density at radius 1 is 1.33 bits per heavy atom. The summed E-state index contributed by atoms with van der Waals surface area (Å²) in [5.74, 6) is 1.05. The molecule has 0 bridgehead atoms. The number of hydrogen-bond donors (Lipinski definition) is 1. The summed E-state index contributed by atoms with van der Waals surface area (Å²) >= 11 is 0. The van der Waals surface area contributed by atoms with E-state index in [1.54, 1.807) is 11.0 Å².